The fourth-order valence-corrected chi connectivity index (χ4v) is 2.94. The van der Waals surface area contributed by atoms with Gasteiger partial charge in [-0.1, -0.05) is 36.4 Å². The summed E-state index contributed by atoms with van der Waals surface area (Å²) in [5, 5.41) is 14.8. The van der Waals surface area contributed by atoms with E-state index in [0.29, 0.717) is 10.2 Å². The predicted octanol–water partition coefficient (Wildman–Crippen LogP) is 1.03. The summed E-state index contributed by atoms with van der Waals surface area (Å²) < 4.78 is 5.57. The molecule has 5 N–H and O–H groups in total. The average Bonchev–Trinajstić information content (AvgIpc) is 2.72. The predicted molar refractivity (Wildman–Crippen MR) is 112 cm³/mol. The molecule has 2 rings (SSSR count). The van der Waals surface area contributed by atoms with Crippen molar-refractivity contribution in [1.82, 2.24) is 15.6 Å². The molecule has 0 fully saturated rings. The summed E-state index contributed by atoms with van der Waals surface area (Å²) in [4.78, 5) is 39.6. The van der Waals surface area contributed by atoms with Gasteiger partial charge >= 0.3 is 6.09 Å². The second kappa shape index (κ2) is 11.9. The average molecular weight is 479 g/mol. The first kappa shape index (κ1) is 23.3. The van der Waals surface area contributed by atoms with Crippen molar-refractivity contribution in [2.45, 2.75) is 31.6 Å². The van der Waals surface area contributed by atoms with Crippen LogP contribution >= 0.6 is 15.9 Å². The van der Waals surface area contributed by atoms with Gasteiger partial charge in [0, 0.05) is 19.2 Å². The number of nitrogens with zero attached hydrogens (tertiary/aromatic N) is 1. The van der Waals surface area contributed by atoms with Gasteiger partial charge in [-0.15, -0.1) is 0 Å². The van der Waals surface area contributed by atoms with Crippen LogP contribution in [-0.4, -0.2) is 46.7 Å². The fourth-order valence-electron chi connectivity index (χ4n) is 2.53. The number of aromatic nitrogens is 1. The van der Waals surface area contributed by atoms with E-state index in [0.717, 1.165) is 5.56 Å². The molecule has 0 radical (unpaired) electrons. The molecule has 1 aromatic carbocycles. The Balaban J connectivity index is 1.74. The van der Waals surface area contributed by atoms with Gasteiger partial charge in [-0.05, 0) is 33.1 Å². The van der Waals surface area contributed by atoms with Gasteiger partial charge in [-0.3, -0.25) is 9.59 Å². The van der Waals surface area contributed by atoms with Crippen molar-refractivity contribution in [2.75, 3.05) is 6.54 Å². The lowest BCUT2D eigenvalue weighted by atomic mass is 10.1. The lowest BCUT2D eigenvalue weighted by Gasteiger charge is -2.18. The second-order valence-electron chi connectivity index (χ2n) is 6.48. The molecule has 9 nitrogen and oxygen atoms in total. The third-order valence-electron chi connectivity index (χ3n) is 4.05. The molecular weight excluding hydrogens is 456 g/mol. The molecule has 160 valence electrons. The van der Waals surface area contributed by atoms with E-state index in [2.05, 4.69) is 31.5 Å². The van der Waals surface area contributed by atoms with E-state index in [1.54, 1.807) is 18.3 Å². The lowest BCUT2D eigenvalue weighted by molar-refractivity contribution is -0.128. The number of hydrogen-bond donors (Lipinski definition) is 4. The van der Waals surface area contributed by atoms with Crippen molar-refractivity contribution in [3.63, 3.8) is 0 Å². The number of aliphatic hydroxyl groups is 1. The van der Waals surface area contributed by atoms with Crippen LogP contribution in [0.1, 0.15) is 17.5 Å². The third-order valence-corrected chi connectivity index (χ3v) is 4.77. The van der Waals surface area contributed by atoms with E-state index in [1.165, 1.54) is 0 Å². The largest absolute Gasteiger partial charge is 0.445 e. The monoisotopic (exact) mass is 478 g/mol. The van der Waals surface area contributed by atoms with Crippen LogP contribution in [-0.2, 0) is 27.4 Å². The molecule has 2 atom stereocenters. The van der Waals surface area contributed by atoms with Gasteiger partial charge in [0.25, 0.3) is 0 Å². The van der Waals surface area contributed by atoms with Crippen molar-refractivity contribution in [3.8, 4) is 0 Å². The molecule has 0 spiro atoms. The van der Waals surface area contributed by atoms with Crippen molar-refractivity contribution in [3.05, 3.63) is 64.4 Å². The van der Waals surface area contributed by atoms with Crippen LogP contribution in [0, 0.1) is 0 Å². The number of hydrogen-bond acceptors (Lipinski definition) is 6. The highest BCUT2D eigenvalue weighted by atomic mass is 79.9. The molecule has 0 bridgehead atoms. The number of nitrogens with two attached hydrogens (primary N) is 1. The highest BCUT2D eigenvalue weighted by molar-refractivity contribution is 9.10. The minimum absolute atomic E-state index is 0.0907. The van der Waals surface area contributed by atoms with Crippen LogP contribution in [0.5, 0.6) is 0 Å². The molecular formula is C20H23BrN4O5. The topological polar surface area (TPSA) is 144 Å². The van der Waals surface area contributed by atoms with Crippen molar-refractivity contribution in [2.24, 2.45) is 5.73 Å². The Kier molecular flexibility index (Phi) is 9.23. The molecule has 10 heteroatoms. The number of ether oxygens (including phenoxy) is 1. The van der Waals surface area contributed by atoms with Crippen LogP contribution in [0.4, 0.5) is 4.79 Å². The molecule has 30 heavy (non-hydrogen) atoms. The Bertz CT molecular complexity index is 865. The number of rotatable bonds is 10. The Hall–Kier alpha value is -2.98. The van der Waals surface area contributed by atoms with Gasteiger partial charge in [-0.2, -0.15) is 0 Å². The summed E-state index contributed by atoms with van der Waals surface area (Å²) in [5.41, 5.74) is 6.89. The summed E-state index contributed by atoms with van der Waals surface area (Å²) in [5.74, 6) is -1.29. The number of primary amides is 1. The maximum Gasteiger partial charge on any atom is 0.407 e. The maximum atomic E-state index is 12.1. The van der Waals surface area contributed by atoms with Crippen molar-refractivity contribution >= 4 is 33.8 Å². The molecule has 0 unspecified atom stereocenters. The summed E-state index contributed by atoms with van der Waals surface area (Å²) >= 11 is 3.27. The van der Waals surface area contributed by atoms with Crippen LogP contribution in [0.15, 0.2) is 53.3 Å². The van der Waals surface area contributed by atoms with Gasteiger partial charge in [-0.25, -0.2) is 9.78 Å². The number of nitrogens with one attached hydrogen (secondary N) is 2. The first-order chi connectivity index (χ1) is 14.3. The van der Waals surface area contributed by atoms with E-state index >= 15 is 0 Å². The van der Waals surface area contributed by atoms with Crippen LogP contribution < -0.4 is 16.4 Å². The molecule has 2 aromatic rings. The van der Waals surface area contributed by atoms with E-state index in [4.69, 9.17) is 10.5 Å². The second-order valence-corrected chi connectivity index (χ2v) is 7.23. The van der Waals surface area contributed by atoms with Gasteiger partial charge in [0.15, 0.2) is 0 Å². The number of benzene rings is 1. The molecule has 0 saturated carbocycles. The zero-order valence-electron chi connectivity index (χ0n) is 16.1. The zero-order chi connectivity index (χ0) is 21.9. The number of aliphatic hydroxyl groups excluding tert-OH is 1. The molecule has 3 amide bonds. The number of amides is 3. The smallest absolute Gasteiger partial charge is 0.407 e. The maximum absolute atomic E-state index is 12.1. The van der Waals surface area contributed by atoms with Gasteiger partial charge in [0.05, 0.1) is 12.5 Å². The molecule has 0 aliphatic rings. The van der Waals surface area contributed by atoms with Gasteiger partial charge in [0.2, 0.25) is 11.8 Å². The summed E-state index contributed by atoms with van der Waals surface area (Å²) in [6.07, 6.45) is -0.464. The highest BCUT2D eigenvalue weighted by Crippen LogP contribution is 2.14. The van der Waals surface area contributed by atoms with Crippen molar-refractivity contribution < 1.29 is 24.2 Å². The number of carbonyl (C=O) groups excluding carboxylic acids is 3. The fraction of sp³-hybridized carbons (Fsp3) is 0.300. The van der Waals surface area contributed by atoms with E-state index in [9.17, 15) is 19.5 Å². The number of pyridine rings is 1. The SMILES string of the molecule is NC(=O)[C@H](Cc1cccnc1Br)NC(=O)C[C@H](O)CNC(=O)OCc1ccccc1. The lowest BCUT2D eigenvalue weighted by Crippen LogP contribution is -2.47. The molecule has 0 saturated heterocycles. The Labute approximate surface area is 182 Å². The minimum Gasteiger partial charge on any atom is -0.445 e. The summed E-state index contributed by atoms with van der Waals surface area (Å²) in [6.45, 7) is -0.0934. The zero-order valence-corrected chi connectivity index (χ0v) is 17.7. The van der Waals surface area contributed by atoms with E-state index in [1.807, 2.05) is 30.3 Å². The summed E-state index contributed by atoms with van der Waals surface area (Å²) in [7, 11) is 0. The van der Waals surface area contributed by atoms with E-state index in [-0.39, 0.29) is 26.0 Å². The first-order valence-electron chi connectivity index (χ1n) is 9.16. The van der Waals surface area contributed by atoms with Crippen LogP contribution in [0.25, 0.3) is 0 Å². The third kappa shape index (κ3) is 8.18. The first-order valence-corrected chi connectivity index (χ1v) is 9.95. The standard InChI is InChI=1S/C20H23BrN4O5/c21-18-14(7-4-8-23-18)9-16(19(22)28)25-17(27)10-15(26)11-24-20(29)30-12-13-5-2-1-3-6-13/h1-8,15-16,26H,9-12H2,(H2,22,28)(H,24,29)(H,25,27)/t15-,16-/m0/s1. The van der Waals surface area contributed by atoms with E-state index < -0.39 is 30.1 Å². The van der Waals surface area contributed by atoms with Crippen LogP contribution in [0.2, 0.25) is 0 Å². The minimum atomic E-state index is -1.16. The van der Waals surface area contributed by atoms with Crippen LogP contribution in [0.3, 0.4) is 0 Å². The molecule has 1 heterocycles. The van der Waals surface area contributed by atoms with Gasteiger partial charge in [0.1, 0.15) is 17.3 Å². The normalized spacial score (nSPS) is 12.5. The van der Waals surface area contributed by atoms with Gasteiger partial charge < -0.3 is 26.2 Å². The Morgan fingerprint density at radius 3 is 2.57 bits per heavy atom. The Morgan fingerprint density at radius 2 is 1.90 bits per heavy atom. The quantitative estimate of drug-likeness (QED) is 0.375. The molecule has 0 aliphatic carbocycles. The number of alkyl carbamates (subject to hydrolysis) is 1. The summed E-state index contributed by atoms with van der Waals surface area (Å²) in [6, 6.07) is 11.6. The number of carbonyl (C=O) groups is 3. The Morgan fingerprint density at radius 1 is 1.17 bits per heavy atom. The molecule has 0 aliphatic heterocycles. The highest BCUT2D eigenvalue weighted by Gasteiger charge is 2.21. The molecule has 1 aromatic heterocycles. The number of halogens is 1. The van der Waals surface area contributed by atoms with Crippen molar-refractivity contribution in [1.29, 1.82) is 0 Å².